The number of aromatic hydroxyl groups is 1. The quantitative estimate of drug-likeness (QED) is 0.590. The SMILES string of the molecule is CN(C)C(=O)[O-].Cc1cc(O)ccc1[N+](C)(C)C.I. The maximum Gasteiger partial charge on any atom is 0.136 e. The zero-order valence-electron chi connectivity index (χ0n) is 12.3. The van der Waals surface area contributed by atoms with E-state index in [2.05, 4.69) is 21.1 Å². The van der Waals surface area contributed by atoms with Gasteiger partial charge in [0, 0.05) is 25.7 Å². The molecule has 0 aliphatic rings. The number of carboxylic acid groups (broad SMARTS) is 1. The van der Waals surface area contributed by atoms with Gasteiger partial charge in [0.05, 0.1) is 21.1 Å². The molecular weight excluding hydrogens is 359 g/mol. The second-order valence-electron chi connectivity index (χ2n) is 5.14. The smallest absolute Gasteiger partial charge is 0.136 e. The summed E-state index contributed by atoms with van der Waals surface area (Å²) in [5.41, 5.74) is 2.36. The molecule has 1 aromatic carbocycles. The lowest BCUT2D eigenvalue weighted by Gasteiger charge is -2.25. The molecule has 0 heterocycles. The topological polar surface area (TPSA) is 63.6 Å². The van der Waals surface area contributed by atoms with E-state index in [4.69, 9.17) is 0 Å². The van der Waals surface area contributed by atoms with Crippen molar-refractivity contribution >= 4 is 35.8 Å². The van der Waals surface area contributed by atoms with Crippen LogP contribution in [0.1, 0.15) is 5.56 Å². The highest BCUT2D eigenvalue weighted by Gasteiger charge is 2.14. The molecule has 0 aliphatic heterocycles. The summed E-state index contributed by atoms with van der Waals surface area (Å²) in [6.07, 6.45) is -1.16. The number of carbonyl (C=O) groups excluding carboxylic acids is 1. The van der Waals surface area contributed by atoms with Crippen molar-refractivity contribution in [2.24, 2.45) is 0 Å². The molecule has 0 aromatic heterocycles. The number of carbonyl (C=O) groups is 1. The highest BCUT2D eigenvalue weighted by molar-refractivity contribution is 14.0. The summed E-state index contributed by atoms with van der Waals surface area (Å²) in [7, 11) is 9.16. The fourth-order valence-electron chi connectivity index (χ4n) is 1.39. The molecule has 0 saturated heterocycles. The largest absolute Gasteiger partial charge is 0.530 e. The van der Waals surface area contributed by atoms with Gasteiger partial charge < -0.3 is 19.9 Å². The van der Waals surface area contributed by atoms with Gasteiger partial charge in [-0.1, -0.05) is 0 Å². The first-order valence-electron chi connectivity index (χ1n) is 5.55. The lowest BCUT2D eigenvalue weighted by molar-refractivity contribution is -0.262. The molecule has 0 bridgehead atoms. The molecule has 1 N–H and O–H groups in total. The van der Waals surface area contributed by atoms with Gasteiger partial charge in [-0.3, -0.25) is 4.48 Å². The van der Waals surface area contributed by atoms with E-state index in [9.17, 15) is 15.0 Å². The number of amides is 1. The number of rotatable bonds is 1. The predicted molar refractivity (Wildman–Crippen MR) is 86.9 cm³/mol. The maximum absolute atomic E-state index is 9.51. The van der Waals surface area contributed by atoms with Gasteiger partial charge in [0.1, 0.15) is 17.5 Å². The summed E-state index contributed by atoms with van der Waals surface area (Å²) in [6.45, 7) is 2.01. The predicted octanol–water partition coefficient (Wildman–Crippen LogP) is 1.41. The van der Waals surface area contributed by atoms with E-state index in [1.165, 1.54) is 19.8 Å². The molecule has 0 radical (unpaired) electrons. The normalized spacial score (nSPS) is 9.79. The minimum atomic E-state index is -1.16. The minimum Gasteiger partial charge on any atom is -0.530 e. The van der Waals surface area contributed by atoms with Gasteiger partial charge in [-0.25, -0.2) is 0 Å². The molecule has 1 rings (SSSR count). The van der Waals surface area contributed by atoms with Crippen LogP contribution in [-0.4, -0.2) is 51.3 Å². The highest BCUT2D eigenvalue weighted by Crippen LogP contribution is 2.25. The Labute approximate surface area is 132 Å². The van der Waals surface area contributed by atoms with Crippen LogP contribution in [0.3, 0.4) is 0 Å². The zero-order chi connectivity index (χ0) is 14.5. The van der Waals surface area contributed by atoms with E-state index in [0.717, 1.165) is 14.9 Å². The third-order valence-corrected chi connectivity index (χ3v) is 2.27. The lowest BCUT2D eigenvalue weighted by Crippen LogP contribution is -2.35. The lowest BCUT2D eigenvalue weighted by atomic mass is 10.1. The number of halogens is 1. The van der Waals surface area contributed by atoms with E-state index in [0.29, 0.717) is 5.75 Å². The number of hydrogen-bond donors (Lipinski definition) is 1. The van der Waals surface area contributed by atoms with Crippen LogP contribution in [0.25, 0.3) is 0 Å². The van der Waals surface area contributed by atoms with E-state index in [-0.39, 0.29) is 24.0 Å². The Morgan fingerprint density at radius 2 is 1.68 bits per heavy atom. The Morgan fingerprint density at radius 3 is 1.95 bits per heavy atom. The van der Waals surface area contributed by atoms with Crippen LogP contribution < -0.4 is 9.59 Å². The number of benzene rings is 1. The van der Waals surface area contributed by atoms with E-state index in [1.807, 2.05) is 13.0 Å². The molecule has 0 aliphatic carbocycles. The number of quaternary nitrogens is 1. The van der Waals surface area contributed by atoms with Crippen molar-refractivity contribution in [1.29, 1.82) is 0 Å². The van der Waals surface area contributed by atoms with Gasteiger partial charge in [-0.2, -0.15) is 0 Å². The van der Waals surface area contributed by atoms with Crippen molar-refractivity contribution in [1.82, 2.24) is 9.38 Å². The average Bonchev–Trinajstić information content (AvgIpc) is 2.15. The summed E-state index contributed by atoms with van der Waals surface area (Å²) in [5.74, 6) is 0.338. The third-order valence-electron chi connectivity index (χ3n) is 2.27. The van der Waals surface area contributed by atoms with Crippen LogP contribution >= 0.6 is 24.0 Å². The van der Waals surface area contributed by atoms with Crippen molar-refractivity contribution in [3.05, 3.63) is 23.8 Å². The Balaban J connectivity index is 0. The Bertz CT molecular complexity index is 415. The van der Waals surface area contributed by atoms with E-state index < -0.39 is 6.09 Å². The van der Waals surface area contributed by atoms with Crippen LogP contribution in [0, 0.1) is 6.92 Å². The van der Waals surface area contributed by atoms with Crippen LogP contribution in [0.5, 0.6) is 5.75 Å². The maximum atomic E-state index is 9.51. The molecule has 5 nitrogen and oxygen atoms in total. The Hall–Kier alpha value is -1.02. The average molecular weight is 382 g/mol. The second kappa shape index (κ2) is 8.21. The monoisotopic (exact) mass is 382 g/mol. The fraction of sp³-hybridized carbons (Fsp3) is 0.462. The molecule has 1 aromatic rings. The Kier molecular flexibility index (Phi) is 8.77. The van der Waals surface area contributed by atoms with Crippen molar-refractivity contribution in [2.45, 2.75) is 6.92 Å². The first-order valence-corrected chi connectivity index (χ1v) is 5.55. The molecular formula is C13H23IN2O3. The van der Waals surface area contributed by atoms with Gasteiger partial charge in [-0.15, -0.1) is 24.0 Å². The minimum absolute atomic E-state index is 0. The van der Waals surface area contributed by atoms with Gasteiger partial charge in [0.2, 0.25) is 0 Å². The molecule has 6 heteroatoms. The van der Waals surface area contributed by atoms with Gasteiger partial charge in [-0.05, 0) is 19.1 Å². The first-order chi connectivity index (χ1) is 8.05. The number of hydrogen-bond acceptors (Lipinski definition) is 3. The Morgan fingerprint density at radius 1 is 1.26 bits per heavy atom. The van der Waals surface area contributed by atoms with Crippen LogP contribution in [0.2, 0.25) is 0 Å². The highest BCUT2D eigenvalue weighted by atomic mass is 127. The number of aryl methyl sites for hydroxylation is 1. The van der Waals surface area contributed by atoms with Crippen molar-refractivity contribution in [2.75, 3.05) is 35.2 Å². The molecule has 0 unspecified atom stereocenters. The molecule has 19 heavy (non-hydrogen) atoms. The molecule has 1 amide bonds. The molecule has 0 saturated carbocycles. The van der Waals surface area contributed by atoms with Gasteiger partial charge >= 0.3 is 0 Å². The standard InChI is InChI=1S/C10H15NO.C3H7NO2.HI/c1-8-7-9(12)5-6-10(8)11(2,3)4;1-4(2)3(5)6;/h5-7H,1-4H3;1-2H3,(H,5,6);1H. The van der Waals surface area contributed by atoms with Crippen molar-refractivity contribution in [3.63, 3.8) is 0 Å². The second-order valence-corrected chi connectivity index (χ2v) is 5.14. The van der Waals surface area contributed by atoms with E-state index >= 15 is 0 Å². The van der Waals surface area contributed by atoms with Crippen molar-refractivity contribution in [3.8, 4) is 5.75 Å². The summed E-state index contributed by atoms with van der Waals surface area (Å²) in [6, 6.07) is 5.48. The first kappa shape index (κ1) is 20.3. The van der Waals surface area contributed by atoms with Crippen LogP contribution in [0.4, 0.5) is 10.5 Å². The summed E-state index contributed by atoms with van der Waals surface area (Å²) >= 11 is 0. The molecule has 0 fully saturated rings. The van der Waals surface area contributed by atoms with Crippen LogP contribution in [0.15, 0.2) is 18.2 Å². The van der Waals surface area contributed by atoms with E-state index in [1.54, 1.807) is 12.1 Å². The van der Waals surface area contributed by atoms with Crippen LogP contribution in [-0.2, 0) is 0 Å². The van der Waals surface area contributed by atoms with Gasteiger partial charge in [0.25, 0.3) is 0 Å². The summed E-state index contributed by atoms with van der Waals surface area (Å²) in [4.78, 5) is 10.5. The number of phenolic OH excluding ortho intramolecular Hbond substituents is 1. The number of phenols is 1. The number of nitrogens with zero attached hydrogens (tertiary/aromatic N) is 2. The van der Waals surface area contributed by atoms with Gasteiger partial charge in [0.15, 0.2) is 0 Å². The molecule has 110 valence electrons. The molecule has 0 atom stereocenters. The molecule has 0 spiro atoms. The fourth-order valence-corrected chi connectivity index (χ4v) is 1.39. The third kappa shape index (κ3) is 7.89. The van der Waals surface area contributed by atoms with Crippen molar-refractivity contribution < 1.29 is 15.0 Å². The summed E-state index contributed by atoms with van der Waals surface area (Å²) in [5, 5.41) is 18.7. The zero-order valence-corrected chi connectivity index (χ0v) is 14.6. The summed E-state index contributed by atoms with van der Waals surface area (Å²) < 4.78 is 0.784.